The number of fused-ring (bicyclic) bond motifs is 1. The Morgan fingerprint density at radius 3 is 2.51 bits per heavy atom. The van der Waals surface area contributed by atoms with Gasteiger partial charge in [0.25, 0.3) is 5.91 Å². The second kappa shape index (κ2) is 10.7. The van der Waals surface area contributed by atoms with Gasteiger partial charge in [0.15, 0.2) is 17.3 Å². The van der Waals surface area contributed by atoms with Crippen molar-refractivity contribution in [1.82, 2.24) is 5.01 Å². The molecule has 0 saturated heterocycles. The number of amidine groups is 2. The largest absolute Gasteiger partial charge is 0.493 e. The molecule has 0 fully saturated rings. The first kappa shape index (κ1) is 24.3. The number of nitrogens with zero attached hydrogens (tertiary/aromatic N) is 3. The highest BCUT2D eigenvalue weighted by Crippen LogP contribution is 2.33. The lowest BCUT2D eigenvalue weighted by Crippen LogP contribution is -2.35. The molecular formula is C28H24N4O4S. The van der Waals surface area contributed by atoms with E-state index in [4.69, 9.17) is 19.6 Å². The van der Waals surface area contributed by atoms with Crippen LogP contribution < -0.4 is 14.2 Å². The molecule has 0 aliphatic carbocycles. The molecule has 0 radical (unpaired) electrons. The Morgan fingerprint density at radius 1 is 0.973 bits per heavy atom. The van der Waals surface area contributed by atoms with Crippen LogP contribution in [0.1, 0.15) is 16.7 Å². The average Bonchev–Trinajstić information content (AvgIpc) is 3.34. The summed E-state index contributed by atoms with van der Waals surface area (Å²) in [5.74, 6) is 1.32. The number of amides is 1. The summed E-state index contributed by atoms with van der Waals surface area (Å²) < 4.78 is 17.0. The Morgan fingerprint density at radius 2 is 1.73 bits per heavy atom. The number of methoxy groups -OCH3 is 1. The van der Waals surface area contributed by atoms with Gasteiger partial charge in [-0.25, -0.2) is 0 Å². The lowest BCUT2D eigenvalue weighted by molar-refractivity contribution is -0.114. The van der Waals surface area contributed by atoms with E-state index in [1.54, 1.807) is 31.4 Å². The SMILES string of the molecule is COc1cc(/C=C2\C(=N)N3N=C(c4ccccc4C)SC3=NC2=O)ccc1OCCOc1ccccc1. The third kappa shape index (κ3) is 5.26. The number of rotatable bonds is 8. The number of carbonyl (C=O) groups is 1. The molecule has 2 aliphatic rings. The molecule has 186 valence electrons. The van der Waals surface area contributed by atoms with Gasteiger partial charge in [0.2, 0.25) is 5.17 Å². The summed E-state index contributed by atoms with van der Waals surface area (Å²) >= 11 is 1.28. The van der Waals surface area contributed by atoms with E-state index in [0.717, 1.165) is 16.9 Å². The molecule has 3 aromatic rings. The molecule has 37 heavy (non-hydrogen) atoms. The Labute approximate surface area is 218 Å². The lowest BCUT2D eigenvalue weighted by Gasteiger charge is -2.20. The van der Waals surface area contributed by atoms with Crippen LogP contribution in [0.5, 0.6) is 17.2 Å². The van der Waals surface area contributed by atoms with E-state index in [1.165, 1.54) is 16.8 Å². The second-order valence-electron chi connectivity index (χ2n) is 8.16. The first-order valence-electron chi connectivity index (χ1n) is 11.6. The average molecular weight is 513 g/mol. The minimum absolute atomic E-state index is 0.0246. The zero-order valence-corrected chi connectivity index (χ0v) is 21.1. The number of hydrazone groups is 1. The third-order valence-corrected chi connectivity index (χ3v) is 6.62. The number of carbonyl (C=O) groups excluding carboxylic acids is 1. The Kier molecular flexibility index (Phi) is 7.04. The summed E-state index contributed by atoms with van der Waals surface area (Å²) in [6.45, 7) is 2.71. The summed E-state index contributed by atoms with van der Waals surface area (Å²) in [7, 11) is 1.55. The van der Waals surface area contributed by atoms with Crippen LogP contribution in [0.15, 0.2) is 88.5 Å². The van der Waals surface area contributed by atoms with Crippen LogP contribution in [0.25, 0.3) is 6.08 Å². The van der Waals surface area contributed by atoms with Crippen LogP contribution in [-0.2, 0) is 4.79 Å². The molecule has 8 nitrogen and oxygen atoms in total. The van der Waals surface area contributed by atoms with Crippen molar-refractivity contribution < 1.29 is 19.0 Å². The quantitative estimate of drug-likeness (QED) is 0.332. The van der Waals surface area contributed by atoms with Crippen molar-refractivity contribution in [3.05, 3.63) is 95.1 Å². The molecule has 2 aliphatic heterocycles. The smallest absolute Gasteiger partial charge is 0.283 e. The van der Waals surface area contributed by atoms with Gasteiger partial charge >= 0.3 is 0 Å². The molecule has 5 rings (SSSR count). The fraction of sp³-hybridized carbons (Fsp3) is 0.143. The Bertz CT molecular complexity index is 1450. The van der Waals surface area contributed by atoms with E-state index in [-0.39, 0.29) is 11.4 Å². The van der Waals surface area contributed by atoms with Crippen LogP contribution in [0.3, 0.4) is 0 Å². The number of aryl methyl sites for hydroxylation is 1. The van der Waals surface area contributed by atoms with Gasteiger partial charge in [-0.3, -0.25) is 10.2 Å². The van der Waals surface area contributed by atoms with Gasteiger partial charge in [-0.2, -0.15) is 15.1 Å². The molecule has 0 spiro atoms. The van der Waals surface area contributed by atoms with E-state index in [0.29, 0.717) is 40.5 Å². The summed E-state index contributed by atoms with van der Waals surface area (Å²) in [5, 5.41) is 15.7. The van der Waals surface area contributed by atoms with Crippen molar-refractivity contribution in [1.29, 1.82) is 5.41 Å². The number of aliphatic imine (C=N–C) groups is 1. The highest BCUT2D eigenvalue weighted by atomic mass is 32.2. The molecule has 1 N–H and O–H groups in total. The molecule has 0 atom stereocenters. The maximum absolute atomic E-state index is 12.8. The van der Waals surface area contributed by atoms with Crippen LogP contribution in [0, 0.1) is 12.3 Å². The Hall–Kier alpha value is -4.37. The number of hydrogen-bond acceptors (Lipinski definition) is 7. The number of nitrogens with one attached hydrogen (secondary N) is 1. The fourth-order valence-electron chi connectivity index (χ4n) is 3.80. The molecular weight excluding hydrogens is 488 g/mol. The first-order valence-corrected chi connectivity index (χ1v) is 12.4. The van der Waals surface area contributed by atoms with E-state index >= 15 is 0 Å². The van der Waals surface area contributed by atoms with Crippen LogP contribution >= 0.6 is 11.8 Å². The van der Waals surface area contributed by atoms with Crippen LogP contribution in [0.4, 0.5) is 0 Å². The normalized spacial score (nSPS) is 15.8. The zero-order valence-electron chi connectivity index (χ0n) is 20.3. The van der Waals surface area contributed by atoms with E-state index < -0.39 is 5.91 Å². The maximum Gasteiger partial charge on any atom is 0.283 e. The number of hydrogen-bond donors (Lipinski definition) is 1. The monoisotopic (exact) mass is 512 g/mol. The topological polar surface area (TPSA) is 96.6 Å². The number of thioether (sulfide) groups is 1. The van der Waals surface area contributed by atoms with Crippen molar-refractivity contribution in [2.45, 2.75) is 6.92 Å². The predicted molar refractivity (Wildman–Crippen MR) is 146 cm³/mol. The van der Waals surface area contributed by atoms with Gasteiger partial charge in [0, 0.05) is 5.56 Å². The standard InChI is InChI=1S/C28H24N4O4S/c1-18-8-6-7-11-21(18)27-31-32-25(29)22(26(33)30-28(32)37-27)16-19-12-13-23(24(17-19)34-2)36-15-14-35-20-9-4-3-5-10-20/h3-13,16-17,29H,14-15H2,1-2H3/b22-16+,29-25?. The molecule has 3 aromatic carbocycles. The summed E-state index contributed by atoms with van der Waals surface area (Å²) in [5.41, 5.74) is 2.83. The maximum atomic E-state index is 12.8. The van der Waals surface area contributed by atoms with Crippen LogP contribution in [0.2, 0.25) is 0 Å². The second-order valence-corrected chi connectivity index (χ2v) is 9.12. The number of para-hydroxylation sites is 1. The summed E-state index contributed by atoms with van der Waals surface area (Å²) in [4.78, 5) is 17.0. The molecule has 0 bridgehead atoms. The lowest BCUT2D eigenvalue weighted by atomic mass is 10.1. The van der Waals surface area contributed by atoms with Gasteiger partial charge in [-0.05, 0) is 60.2 Å². The van der Waals surface area contributed by atoms with Gasteiger partial charge in [-0.1, -0.05) is 48.5 Å². The van der Waals surface area contributed by atoms with Crippen molar-refractivity contribution >= 4 is 39.8 Å². The molecule has 9 heteroatoms. The third-order valence-electron chi connectivity index (χ3n) is 5.68. The summed E-state index contributed by atoms with van der Waals surface area (Å²) in [6.07, 6.45) is 1.61. The minimum atomic E-state index is -0.484. The van der Waals surface area contributed by atoms with Gasteiger partial charge < -0.3 is 14.2 Å². The van der Waals surface area contributed by atoms with E-state index in [1.807, 2.05) is 61.5 Å². The van der Waals surface area contributed by atoms with Crippen molar-refractivity contribution in [2.24, 2.45) is 10.1 Å². The van der Waals surface area contributed by atoms with Gasteiger partial charge in [0.1, 0.15) is 24.0 Å². The van der Waals surface area contributed by atoms with E-state index in [9.17, 15) is 4.79 Å². The molecule has 0 unspecified atom stereocenters. The van der Waals surface area contributed by atoms with Crippen molar-refractivity contribution in [3.63, 3.8) is 0 Å². The van der Waals surface area contributed by atoms with Crippen molar-refractivity contribution in [2.75, 3.05) is 20.3 Å². The number of benzene rings is 3. The van der Waals surface area contributed by atoms with Crippen molar-refractivity contribution in [3.8, 4) is 17.2 Å². The van der Waals surface area contributed by atoms with Gasteiger partial charge in [-0.15, -0.1) is 0 Å². The highest BCUT2D eigenvalue weighted by molar-refractivity contribution is 8.27. The molecule has 0 aromatic heterocycles. The minimum Gasteiger partial charge on any atom is -0.493 e. The summed E-state index contributed by atoms with van der Waals surface area (Å²) in [6, 6.07) is 22.7. The van der Waals surface area contributed by atoms with E-state index in [2.05, 4.69) is 10.1 Å². The molecule has 2 heterocycles. The number of ether oxygens (including phenoxy) is 3. The fourth-order valence-corrected chi connectivity index (χ4v) is 4.78. The first-order chi connectivity index (χ1) is 18.0. The van der Waals surface area contributed by atoms with Gasteiger partial charge in [0.05, 0.1) is 12.7 Å². The molecule has 0 saturated carbocycles. The highest BCUT2D eigenvalue weighted by Gasteiger charge is 2.36. The predicted octanol–water partition coefficient (Wildman–Crippen LogP) is 5.13. The van der Waals surface area contributed by atoms with Crippen LogP contribution in [-0.4, -0.2) is 47.3 Å². The zero-order chi connectivity index (χ0) is 25.8. The molecule has 1 amide bonds. The Balaban J connectivity index is 1.30.